The average molecular weight is 238 g/mol. The zero-order chi connectivity index (χ0) is 11.9. The van der Waals surface area contributed by atoms with Gasteiger partial charge >= 0.3 is 5.97 Å². The molecule has 2 aromatic rings. The van der Waals surface area contributed by atoms with Gasteiger partial charge in [0.2, 0.25) is 0 Å². The van der Waals surface area contributed by atoms with Gasteiger partial charge in [-0.25, -0.2) is 9.78 Å². The molecule has 16 heavy (non-hydrogen) atoms. The summed E-state index contributed by atoms with van der Waals surface area (Å²) in [6.45, 7) is 1.60. The van der Waals surface area contributed by atoms with E-state index in [1.54, 1.807) is 19.1 Å². The summed E-state index contributed by atoms with van der Waals surface area (Å²) >= 11 is 1.02. The summed E-state index contributed by atoms with van der Waals surface area (Å²) in [6.07, 6.45) is -0.680. The van der Waals surface area contributed by atoms with Gasteiger partial charge in [0, 0.05) is 5.39 Å². The summed E-state index contributed by atoms with van der Waals surface area (Å²) in [4.78, 5) is 15.7. The molecular weight excluding hydrogens is 228 g/mol. The predicted molar refractivity (Wildman–Crippen MR) is 61.6 cm³/mol. The minimum Gasteiger partial charge on any atom is -0.477 e. The number of aliphatic hydroxyl groups excluding tert-OH is 1. The van der Waals surface area contributed by atoms with Gasteiger partial charge in [0.1, 0.15) is 9.71 Å². The maximum Gasteiger partial charge on any atom is 0.348 e. The fraction of sp³-hybridized carbons (Fsp3) is 0.200. The van der Waals surface area contributed by atoms with Gasteiger partial charge in [-0.3, -0.25) is 0 Å². The van der Waals surface area contributed by atoms with Crippen LogP contribution in [0.1, 0.15) is 28.4 Å². The number of carbonyl (C=O) groups is 1. The molecule has 5 nitrogen and oxygen atoms in total. The van der Waals surface area contributed by atoms with Crippen molar-refractivity contribution in [3.8, 4) is 0 Å². The molecule has 0 fully saturated rings. The van der Waals surface area contributed by atoms with E-state index in [9.17, 15) is 9.90 Å². The van der Waals surface area contributed by atoms with Crippen LogP contribution >= 0.6 is 11.3 Å². The van der Waals surface area contributed by atoms with Gasteiger partial charge in [0.15, 0.2) is 0 Å². The minimum absolute atomic E-state index is 0.0882. The lowest BCUT2D eigenvalue weighted by molar-refractivity contribution is 0.0703. The van der Waals surface area contributed by atoms with Crippen LogP contribution in [0.3, 0.4) is 0 Å². The second kappa shape index (κ2) is 3.73. The van der Waals surface area contributed by atoms with Crippen molar-refractivity contribution in [2.75, 3.05) is 5.73 Å². The number of thiophene rings is 1. The third-order valence-electron chi connectivity index (χ3n) is 2.24. The van der Waals surface area contributed by atoms with Crippen LogP contribution in [0.25, 0.3) is 10.2 Å². The van der Waals surface area contributed by atoms with Gasteiger partial charge in [-0.05, 0) is 19.1 Å². The first-order valence-corrected chi connectivity index (χ1v) is 5.42. The summed E-state index contributed by atoms with van der Waals surface area (Å²) in [6, 6.07) is 3.32. The van der Waals surface area contributed by atoms with Gasteiger partial charge in [-0.1, -0.05) is 0 Å². The molecule has 6 heteroatoms. The van der Waals surface area contributed by atoms with Crippen molar-refractivity contribution in [3.05, 3.63) is 22.7 Å². The van der Waals surface area contributed by atoms with E-state index in [-0.39, 0.29) is 10.6 Å². The number of anilines is 1. The molecule has 0 aliphatic carbocycles. The van der Waals surface area contributed by atoms with E-state index in [1.807, 2.05) is 0 Å². The maximum atomic E-state index is 10.9. The Hall–Kier alpha value is -1.66. The smallest absolute Gasteiger partial charge is 0.348 e. The van der Waals surface area contributed by atoms with Crippen molar-refractivity contribution in [2.45, 2.75) is 13.0 Å². The molecule has 1 atom stereocenters. The Morgan fingerprint density at radius 1 is 1.56 bits per heavy atom. The van der Waals surface area contributed by atoms with E-state index in [1.165, 1.54) is 0 Å². The highest BCUT2D eigenvalue weighted by atomic mass is 32.1. The molecule has 2 heterocycles. The number of hydrogen-bond donors (Lipinski definition) is 3. The Balaban J connectivity index is 2.67. The number of aromatic carboxylic acids is 1. The number of rotatable bonds is 2. The zero-order valence-electron chi connectivity index (χ0n) is 8.47. The van der Waals surface area contributed by atoms with E-state index >= 15 is 0 Å². The van der Waals surface area contributed by atoms with Crippen molar-refractivity contribution in [3.63, 3.8) is 0 Å². The Morgan fingerprint density at radius 2 is 2.25 bits per heavy atom. The van der Waals surface area contributed by atoms with Crippen LogP contribution in [0.5, 0.6) is 0 Å². The normalized spacial score (nSPS) is 12.9. The Morgan fingerprint density at radius 3 is 2.81 bits per heavy atom. The van der Waals surface area contributed by atoms with E-state index in [0.29, 0.717) is 15.9 Å². The standard InChI is InChI=1S/C10H10N2O3S/c1-4(13)6-3-2-5-7(11)8(10(14)15)16-9(5)12-6/h2-4,13H,11H2,1H3,(H,14,15). The lowest BCUT2D eigenvalue weighted by atomic mass is 10.2. The van der Waals surface area contributed by atoms with Crippen LogP contribution < -0.4 is 5.73 Å². The van der Waals surface area contributed by atoms with Crippen LogP contribution in [0.15, 0.2) is 12.1 Å². The monoisotopic (exact) mass is 238 g/mol. The predicted octanol–water partition coefficient (Wildman–Crippen LogP) is 1.63. The highest BCUT2D eigenvalue weighted by Crippen LogP contribution is 2.33. The zero-order valence-corrected chi connectivity index (χ0v) is 9.28. The first kappa shape index (κ1) is 10.8. The van der Waals surface area contributed by atoms with Crippen molar-refractivity contribution in [1.29, 1.82) is 0 Å². The highest BCUT2D eigenvalue weighted by Gasteiger charge is 2.16. The molecule has 1 unspecified atom stereocenters. The largest absolute Gasteiger partial charge is 0.477 e. The molecule has 4 N–H and O–H groups in total. The second-order valence-corrected chi connectivity index (χ2v) is 4.41. The van der Waals surface area contributed by atoms with E-state index in [4.69, 9.17) is 10.8 Å². The SMILES string of the molecule is CC(O)c1ccc2c(N)c(C(=O)O)sc2n1. The topological polar surface area (TPSA) is 96.4 Å². The lowest BCUT2D eigenvalue weighted by Gasteiger charge is -2.02. The van der Waals surface area contributed by atoms with Crippen LogP contribution in [0.2, 0.25) is 0 Å². The number of hydrogen-bond acceptors (Lipinski definition) is 5. The fourth-order valence-electron chi connectivity index (χ4n) is 1.40. The van der Waals surface area contributed by atoms with Gasteiger partial charge in [-0.2, -0.15) is 0 Å². The van der Waals surface area contributed by atoms with Crippen LogP contribution in [0.4, 0.5) is 5.69 Å². The van der Waals surface area contributed by atoms with Gasteiger partial charge in [-0.15, -0.1) is 11.3 Å². The summed E-state index contributed by atoms with van der Waals surface area (Å²) < 4.78 is 0. The number of aliphatic hydroxyl groups is 1. The second-order valence-electron chi connectivity index (χ2n) is 3.41. The molecule has 0 aliphatic rings. The van der Waals surface area contributed by atoms with E-state index in [2.05, 4.69) is 4.98 Å². The van der Waals surface area contributed by atoms with Gasteiger partial charge in [0.25, 0.3) is 0 Å². The number of carboxylic acid groups (broad SMARTS) is 1. The summed E-state index contributed by atoms with van der Waals surface area (Å²) in [5.74, 6) is -1.06. The number of pyridine rings is 1. The average Bonchev–Trinajstić information content (AvgIpc) is 2.55. The maximum absolute atomic E-state index is 10.9. The molecular formula is C10H10N2O3S. The molecule has 0 radical (unpaired) electrons. The fourth-order valence-corrected chi connectivity index (χ4v) is 2.34. The molecule has 0 saturated carbocycles. The number of carboxylic acids is 1. The third kappa shape index (κ3) is 1.62. The quantitative estimate of drug-likeness (QED) is 0.738. The third-order valence-corrected chi connectivity index (χ3v) is 3.34. The number of fused-ring (bicyclic) bond motifs is 1. The van der Waals surface area contributed by atoms with Crippen LogP contribution in [-0.2, 0) is 0 Å². The molecule has 2 rings (SSSR count). The molecule has 0 aromatic carbocycles. The lowest BCUT2D eigenvalue weighted by Crippen LogP contribution is -1.97. The van der Waals surface area contributed by atoms with Gasteiger partial charge in [0.05, 0.1) is 17.5 Å². The van der Waals surface area contributed by atoms with E-state index in [0.717, 1.165) is 11.3 Å². The Bertz CT molecular complexity index is 562. The molecule has 0 saturated heterocycles. The number of aromatic nitrogens is 1. The van der Waals surface area contributed by atoms with Crippen molar-refractivity contribution in [2.24, 2.45) is 0 Å². The van der Waals surface area contributed by atoms with Gasteiger partial charge < -0.3 is 15.9 Å². The highest BCUT2D eigenvalue weighted by molar-refractivity contribution is 7.21. The van der Waals surface area contributed by atoms with Crippen molar-refractivity contribution >= 4 is 33.2 Å². The van der Waals surface area contributed by atoms with E-state index < -0.39 is 12.1 Å². The number of nitrogens with two attached hydrogens (primary N) is 1. The van der Waals surface area contributed by atoms with Crippen molar-refractivity contribution in [1.82, 2.24) is 4.98 Å². The molecule has 0 amide bonds. The summed E-state index contributed by atoms with van der Waals surface area (Å²) in [5.41, 5.74) is 6.43. The minimum atomic E-state index is -1.06. The Kier molecular flexibility index (Phi) is 2.53. The molecule has 0 aliphatic heterocycles. The molecule has 0 bridgehead atoms. The first-order chi connectivity index (χ1) is 7.50. The summed E-state index contributed by atoms with van der Waals surface area (Å²) in [5, 5.41) is 18.9. The van der Waals surface area contributed by atoms with Crippen LogP contribution in [0, 0.1) is 0 Å². The molecule has 2 aromatic heterocycles. The van der Waals surface area contributed by atoms with Crippen LogP contribution in [-0.4, -0.2) is 21.2 Å². The summed E-state index contributed by atoms with van der Waals surface area (Å²) in [7, 11) is 0. The molecule has 0 spiro atoms. The first-order valence-electron chi connectivity index (χ1n) is 4.61. The Labute approximate surface area is 95.2 Å². The molecule has 84 valence electrons. The number of nitrogens with zero attached hydrogens (tertiary/aromatic N) is 1. The van der Waals surface area contributed by atoms with Crippen molar-refractivity contribution < 1.29 is 15.0 Å². The number of nitrogen functional groups attached to an aromatic ring is 1.